The highest BCUT2D eigenvalue weighted by atomic mass is 14.6. The third-order valence-electron chi connectivity index (χ3n) is 3.37. The van der Waals surface area contributed by atoms with Crippen molar-refractivity contribution < 1.29 is 0 Å². The second-order valence-corrected chi connectivity index (χ2v) is 4.76. The lowest BCUT2D eigenvalue weighted by Gasteiger charge is -2.09. The van der Waals surface area contributed by atoms with Crippen LogP contribution in [0.15, 0.2) is 43.0 Å². The third-order valence-corrected chi connectivity index (χ3v) is 3.37. The lowest BCUT2D eigenvalue weighted by Crippen LogP contribution is -1.97. The molecular formula is C17H19N. The molecule has 0 aliphatic rings. The number of benzene rings is 2. The predicted octanol–water partition coefficient (Wildman–Crippen LogP) is 4.12. The Balaban J connectivity index is 2.28. The van der Waals surface area contributed by atoms with Crippen LogP contribution in [-0.4, -0.2) is 0 Å². The van der Waals surface area contributed by atoms with E-state index in [1.807, 2.05) is 12.1 Å². The van der Waals surface area contributed by atoms with Gasteiger partial charge in [0.2, 0.25) is 0 Å². The second kappa shape index (κ2) is 5.09. The molecule has 0 aromatic heterocycles. The quantitative estimate of drug-likeness (QED) is 0.798. The molecule has 0 unspecified atom stereocenters. The van der Waals surface area contributed by atoms with Crippen molar-refractivity contribution in [2.24, 2.45) is 0 Å². The first-order valence-corrected chi connectivity index (χ1v) is 6.17. The van der Waals surface area contributed by atoms with Crippen molar-refractivity contribution >= 4 is 11.8 Å². The van der Waals surface area contributed by atoms with Crippen LogP contribution in [0.3, 0.4) is 0 Å². The summed E-state index contributed by atoms with van der Waals surface area (Å²) in [4.78, 5) is 0. The largest absolute Gasteiger partial charge is 0.398 e. The maximum atomic E-state index is 6.06. The van der Waals surface area contributed by atoms with Crippen LogP contribution in [0.2, 0.25) is 0 Å². The van der Waals surface area contributed by atoms with E-state index in [-0.39, 0.29) is 0 Å². The summed E-state index contributed by atoms with van der Waals surface area (Å²) in [6.07, 6.45) is 2.69. The zero-order valence-electron chi connectivity index (χ0n) is 11.0. The number of nitrogens with two attached hydrogens (primary N) is 1. The SMILES string of the molecule is C=Cc1ccc(Cc2ccc(C)c(C)c2)c(N)c1. The molecule has 0 radical (unpaired) electrons. The fourth-order valence-corrected chi connectivity index (χ4v) is 2.03. The van der Waals surface area contributed by atoms with Gasteiger partial charge in [-0.3, -0.25) is 0 Å². The lowest BCUT2D eigenvalue weighted by molar-refractivity contribution is 1.17. The number of aryl methyl sites for hydroxylation is 2. The van der Waals surface area contributed by atoms with Gasteiger partial charge in [0.1, 0.15) is 0 Å². The van der Waals surface area contributed by atoms with Crippen molar-refractivity contribution in [3.8, 4) is 0 Å². The molecule has 18 heavy (non-hydrogen) atoms. The summed E-state index contributed by atoms with van der Waals surface area (Å²) < 4.78 is 0. The van der Waals surface area contributed by atoms with E-state index in [0.717, 1.165) is 17.7 Å². The van der Waals surface area contributed by atoms with Gasteiger partial charge < -0.3 is 5.73 Å². The van der Waals surface area contributed by atoms with Crippen LogP contribution in [0.25, 0.3) is 6.08 Å². The summed E-state index contributed by atoms with van der Waals surface area (Å²) in [7, 11) is 0. The number of anilines is 1. The smallest absolute Gasteiger partial charge is 0.0355 e. The van der Waals surface area contributed by atoms with E-state index < -0.39 is 0 Å². The minimum absolute atomic E-state index is 0.839. The highest BCUT2D eigenvalue weighted by molar-refractivity contribution is 5.58. The van der Waals surface area contributed by atoms with Crippen molar-refractivity contribution in [1.29, 1.82) is 0 Å². The topological polar surface area (TPSA) is 26.0 Å². The number of nitrogen functional groups attached to an aromatic ring is 1. The van der Waals surface area contributed by atoms with Crippen LogP contribution in [-0.2, 0) is 6.42 Å². The highest BCUT2D eigenvalue weighted by Gasteiger charge is 2.03. The first kappa shape index (κ1) is 12.4. The molecule has 1 heteroatoms. The fourth-order valence-electron chi connectivity index (χ4n) is 2.03. The zero-order valence-corrected chi connectivity index (χ0v) is 11.0. The highest BCUT2D eigenvalue weighted by Crippen LogP contribution is 2.20. The first-order chi connectivity index (χ1) is 8.60. The monoisotopic (exact) mass is 237 g/mol. The maximum absolute atomic E-state index is 6.06. The molecule has 92 valence electrons. The number of hydrogen-bond acceptors (Lipinski definition) is 1. The molecule has 0 spiro atoms. The molecule has 0 amide bonds. The van der Waals surface area contributed by atoms with Gasteiger partial charge in [0, 0.05) is 5.69 Å². The van der Waals surface area contributed by atoms with Crippen LogP contribution in [0.5, 0.6) is 0 Å². The fraction of sp³-hybridized carbons (Fsp3) is 0.176. The Bertz CT molecular complexity index is 582. The molecule has 0 bridgehead atoms. The minimum atomic E-state index is 0.839. The molecule has 0 aliphatic carbocycles. The van der Waals surface area contributed by atoms with Crippen molar-refractivity contribution in [2.45, 2.75) is 20.3 Å². The molecule has 0 aliphatic heterocycles. The minimum Gasteiger partial charge on any atom is -0.398 e. The Labute approximate surface area is 109 Å². The predicted molar refractivity (Wildman–Crippen MR) is 79.7 cm³/mol. The molecule has 0 heterocycles. The second-order valence-electron chi connectivity index (χ2n) is 4.76. The van der Waals surface area contributed by atoms with Crippen LogP contribution in [0.1, 0.15) is 27.8 Å². The van der Waals surface area contributed by atoms with Crippen LogP contribution >= 0.6 is 0 Å². The number of rotatable bonds is 3. The van der Waals surface area contributed by atoms with Gasteiger partial charge in [-0.05, 0) is 54.2 Å². The van der Waals surface area contributed by atoms with Gasteiger partial charge in [-0.2, -0.15) is 0 Å². The van der Waals surface area contributed by atoms with Gasteiger partial charge in [-0.25, -0.2) is 0 Å². The summed E-state index contributed by atoms with van der Waals surface area (Å²) in [5, 5.41) is 0. The first-order valence-electron chi connectivity index (χ1n) is 6.17. The lowest BCUT2D eigenvalue weighted by atomic mass is 9.98. The molecule has 2 aromatic carbocycles. The Morgan fingerprint density at radius 2 is 1.83 bits per heavy atom. The van der Waals surface area contributed by atoms with Gasteiger partial charge in [0.05, 0.1) is 0 Å². The van der Waals surface area contributed by atoms with Crippen LogP contribution < -0.4 is 5.73 Å². The molecule has 2 rings (SSSR count). The van der Waals surface area contributed by atoms with Crippen molar-refractivity contribution in [3.63, 3.8) is 0 Å². The average Bonchev–Trinajstić information content (AvgIpc) is 2.36. The van der Waals surface area contributed by atoms with E-state index in [4.69, 9.17) is 5.73 Å². The summed E-state index contributed by atoms with van der Waals surface area (Å²) in [5.74, 6) is 0. The Kier molecular flexibility index (Phi) is 3.52. The molecule has 2 N–H and O–H groups in total. The van der Waals surface area contributed by atoms with E-state index in [1.165, 1.54) is 22.3 Å². The summed E-state index contributed by atoms with van der Waals surface area (Å²) >= 11 is 0. The van der Waals surface area contributed by atoms with Gasteiger partial charge in [0.25, 0.3) is 0 Å². The Morgan fingerprint density at radius 1 is 1.06 bits per heavy atom. The molecule has 2 aromatic rings. The molecular weight excluding hydrogens is 218 g/mol. The van der Waals surface area contributed by atoms with Crippen molar-refractivity contribution in [1.82, 2.24) is 0 Å². The van der Waals surface area contributed by atoms with E-state index >= 15 is 0 Å². The van der Waals surface area contributed by atoms with Crippen LogP contribution in [0.4, 0.5) is 5.69 Å². The van der Waals surface area contributed by atoms with Gasteiger partial charge in [-0.1, -0.05) is 43.0 Å². The van der Waals surface area contributed by atoms with Gasteiger partial charge in [0.15, 0.2) is 0 Å². The molecule has 0 fully saturated rings. The zero-order chi connectivity index (χ0) is 13.1. The third kappa shape index (κ3) is 2.62. The molecule has 0 atom stereocenters. The van der Waals surface area contributed by atoms with Crippen LogP contribution in [0, 0.1) is 13.8 Å². The molecule has 0 saturated carbocycles. The van der Waals surface area contributed by atoms with E-state index in [1.54, 1.807) is 0 Å². The van der Waals surface area contributed by atoms with E-state index in [2.05, 4.69) is 50.8 Å². The number of hydrogen-bond donors (Lipinski definition) is 1. The van der Waals surface area contributed by atoms with Gasteiger partial charge >= 0.3 is 0 Å². The summed E-state index contributed by atoms with van der Waals surface area (Å²) in [6.45, 7) is 8.02. The normalized spacial score (nSPS) is 10.3. The Hall–Kier alpha value is -2.02. The summed E-state index contributed by atoms with van der Waals surface area (Å²) in [6, 6.07) is 12.7. The van der Waals surface area contributed by atoms with E-state index in [0.29, 0.717) is 0 Å². The summed E-state index contributed by atoms with van der Waals surface area (Å²) in [5.41, 5.74) is 13.1. The molecule has 0 saturated heterocycles. The standard InChI is InChI=1S/C17H19N/c1-4-14-7-8-16(17(18)11-14)10-15-6-5-12(2)13(3)9-15/h4-9,11H,1,10,18H2,2-3H3. The molecule has 1 nitrogen and oxygen atoms in total. The van der Waals surface area contributed by atoms with E-state index in [9.17, 15) is 0 Å². The van der Waals surface area contributed by atoms with Crippen molar-refractivity contribution in [3.05, 3.63) is 70.8 Å². The Morgan fingerprint density at radius 3 is 2.44 bits per heavy atom. The van der Waals surface area contributed by atoms with Gasteiger partial charge in [-0.15, -0.1) is 0 Å². The maximum Gasteiger partial charge on any atom is 0.0355 e. The van der Waals surface area contributed by atoms with Crippen molar-refractivity contribution in [2.75, 3.05) is 5.73 Å². The average molecular weight is 237 g/mol.